The smallest absolute Gasteiger partial charge is 0.297 e. The van der Waals surface area contributed by atoms with Gasteiger partial charge < -0.3 is 4.74 Å². The Kier molecular flexibility index (Phi) is 3.33. The highest BCUT2D eigenvalue weighted by Gasteiger charge is 2.34. The molecular weight excluding hydrogens is 262 g/mol. The van der Waals surface area contributed by atoms with Crippen LogP contribution in [0.25, 0.3) is 0 Å². The maximum Gasteiger partial charge on any atom is 0.297 e. The van der Waals surface area contributed by atoms with Crippen molar-refractivity contribution in [1.29, 1.82) is 0 Å². The molecule has 1 aromatic carbocycles. The molecule has 1 aliphatic heterocycles. The summed E-state index contributed by atoms with van der Waals surface area (Å²) in [6.07, 6.45) is -0.826. The fourth-order valence-corrected chi connectivity index (χ4v) is 2.54. The summed E-state index contributed by atoms with van der Waals surface area (Å²) in [7, 11) is -4.00. The lowest BCUT2D eigenvalue weighted by Crippen LogP contribution is -2.20. The van der Waals surface area contributed by atoms with Crippen molar-refractivity contribution in [2.75, 3.05) is 6.61 Å². The molecule has 0 radical (unpaired) electrons. The van der Waals surface area contributed by atoms with Crippen LogP contribution in [0.15, 0.2) is 29.2 Å². The second kappa shape index (κ2) is 4.63. The predicted octanol–water partition coefficient (Wildman–Crippen LogP) is 1.09. The number of non-ortho nitro benzene ring substituents is 1. The van der Waals surface area contributed by atoms with Gasteiger partial charge in [-0.3, -0.25) is 14.3 Å². The van der Waals surface area contributed by atoms with Crippen LogP contribution in [-0.2, 0) is 19.0 Å². The van der Waals surface area contributed by atoms with Gasteiger partial charge in [-0.15, -0.1) is 0 Å². The van der Waals surface area contributed by atoms with Gasteiger partial charge >= 0.3 is 0 Å². The Morgan fingerprint density at radius 3 is 2.78 bits per heavy atom. The first-order valence-electron chi connectivity index (χ1n) is 5.19. The molecule has 8 heteroatoms. The minimum Gasteiger partial charge on any atom is -0.370 e. The number of ether oxygens (including phenoxy) is 1. The Morgan fingerprint density at radius 1 is 1.56 bits per heavy atom. The number of benzene rings is 1. The first kappa shape index (κ1) is 12.9. The fourth-order valence-electron chi connectivity index (χ4n) is 1.40. The molecular formula is C10H11NO6S. The predicted molar refractivity (Wildman–Crippen MR) is 60.6 cm³/mol. The maximum atomic E-state index is 11.8. The van der Waals surface area contributed by atoms with E-state index in [2.05, 4.69) is 0 Å². The molecule has 0 N–H and O–H groups in total. The second-order valence-corrected chi connectivity index (χ2v) is 5.45. The molecule has 1 fully saturated rings. The summed E-state index contributed by atoms with van der Waals surface area (Å²) in [5.74, 6) is 0. The zero-order valence-corrected chi connectivity index (χ0v) is 10.3. The fraction of sp³-hybridized carbons (Fsp3) is 0.400. The van der Waals surface area contributed by atoms with Gasteiger partial charge in [-0.1, -0.05) is 6.07 Å². The molecule has 0 amide bonds. The summed E-state index contributed by atoms with van der Waals surface area (Å²) >= 11 is 0. The van der Waals surface area contributed by atoms with Gasteiger partial charge in [0.2, 0.25) is 0 Å². The lowest BCUT2D eigenvalue weighted by molar-refractivity contribution is -0.385. The van der Waals surface area contributed by atoms with Crippen molar-refractivity contribution in [1.82, 2.24) is 0 Å². The van der Waals surface area contributed by atoms with Gasteiger partial charge in [0.15, 0.2) is 0 Å². The van der Waals surface area contributed by atoms with Gasteiger partial charge in [0.1, 0.15) is 17.1 Å². The standard InChI is InChI=1S/C10H11NO6S/c1-7(10-6-16-10)17-18(14,15)9-4-2-3-8(5-9)11(12)13/h2-5,7,10H,6H2,1H3. The Bertz CT molecular complexity index is 565. The van der Waals surface area contributed by atoms with E-state index in [1.54, 1.807) is 6.92 Å². The van der Waals surface area contributed by atoms with Crippen LogP contribution in [0.1, 0.15) is 6.92 Å². The highest BCUT2D eigenvalue weighted by Crippen LogP contribution is 2.24. The topological polar surface area (TPSA) is 99.0 Å². The lowest BCUT2D eigenvalue weighted by Gasteiger charge is -2.10. The third-order valence-electron chi connectivity index (χ3n) is 2.48. The molecule has 2 atom stereocenters. The summed E-state index contributed by atoms with van der Waals surface area (Å²) in [6, 6.07) is 4.73. The first-order valence-corrected chi connectivity index (χ1v) is 6.60. The summed E-state index contributed by atoms with van der Waals surface area (Å²) < 4.78 is 33.5. The molecule has 98 valence electrons. The monoisotopic (exact) mass is 273 g/mol. The van der Waals surface area contributed by atoms with Crippen molar-refractivity contribution in [2.24, 2.45) is 0 Å². The molecule has 2 rings (SSSR count). The molecule has 1 aliphatic rings. The molecule has 18 heavy (non-hydrogen) atoms. The van der Waals surface area contributed by atoms with Gasteiger partial charge in [-0.2, -0.15) is 8.42 Å². The van der Waals surface area contributed by atoms with E-state index in [4.69, 9.17) is 8.92 Å². The largest absolute Gasteiger partial charge is 0.370 e. The van der Waals surface area contributed by atoms with Crippen molar-refractivity contribution in [3.8, 4) is 0 Å². The van der Waals surface area contributed by atoms with E-state index in [-0.39, 0.29) is 16.7 Å². The van der Waals surface area contributed by atoms with E-state index in [1.165, 1.54) is 18.2 Å². The van der Waals surface area contributed by atoms with E-state index >= 15 is 0 Å². The van der Waals surface area contributed by atoms with Crippen LogP contribution in [-0.4, -0.2) is 32.2 Å². The minimum absolute atomic E-state index is 0.224. The van der Waals surface area contributed by atoms with Crippen molar-refractivity contribution in [3.63, 3.8) is 0 Å². The van der Waals surface area contributed by atoms with Crippen LogP contribution >= 0.6 is 0 Å². The number of hydrogen-bond donors (Lipinski definition) is 0. The van der Waals surface area contributed by atoms with E-state index in [0.29, 0.717) is 6.61 Å². The summed E-state index contributed by atoms with van der Waals surface area (Å²) in [5, 5.41) is 10.6. The molecule has 0 spiro atoms. The van der Waals surface area contributed by atoms with Gasteiger partial charge in [0, 0.05) is 12.1 Å². The van der Waals surface area contributed by atoms with Crippen LogP contribution < -0.4 is 0 Å². The number of nitrogens with zero attached hydrogens (tertiary/aromatic N) is 1. The molecule has 1 aromatic rings. The van der Waals surface area contributed by atoms with Crippen LogP contribution in [0.2, 0.25) is 0 Å². The highest BCUT2D eigenvalue weighted by atomic mass is 32.2. The molecule has 7 nitrogen and oxygen atoms in total. The number of nitro groups is 1. The number of nitro benzene ring substituents is 1. The van der Waals surface area contributed by atoms with Crippen molar-refractivity contribution >= 4 is 15.8 Å². The van der Waals surface area contributed by atoms with E-state index in [1.807, 2.05) is 0 Å². The Labute approximate surface area is 104 Å². The molecule has 2 unspecified atom stereocenters. The summed E-state index contributed by atoms with van der Waals surface area (Å²) in [4.78, 5) is 9.68. The van der Waals surface area contributed by atoms with Gasteiger partial charge in [-0.05, 0) is 13.0 Å². The zero-order valence-electron chi connectivity index (χ0n) is 9.48. The third kappa shape index (κ3) is 2.84. The van der Waals surface area contributed by atoms with Crippen LogP contribution in [0.3, 0.4) is 0 Å². The summed E-state index contributed by atoms with van der Waals surface area (Å²) in [5.41, 5.74) is -0.296. The normalized spacial score (nSPS) is 20.4. The zero-order chi connectivity index (χ0) is 13.3. The average Bonchev–Trinajstić information content (AvgIpc) is 3.12. The maximum absolute atomic E-state index is 11.8. The highest BCUT2D eigenvalue weighted by molar-refractivity contribution is 7.86. The van der Waals surface area contributed by atoms with Crippen molar-refractivity contribution in [3.05, 3.63) is 34.4 Å². The van der Waals surface area contributed by atoms with E-state index in [0.717, 1.165) is 6.07 Å². The number of rotatable bonds is 5. The SMILES string of the molecule is CC(OS(=O)(=O)c1cccc([N+](=O)[O-])c1)C1CO1. The van der Waals surface area contributed by atoms with Gasteiger partial charge in [0.05, 0.1) is 11.5 Å². The third-order valence-corrected chi connectivity index (χ3v) is 3.87. The van der Waals surface area contributed by atoms with E-state index < -0.39 is 21.1 Å². The number of hydrogen-bond acceptors (Lipinski definition) is 6. The Morgan fingerprint density at radius 2 is 2.22 bits per heavy atom. The summed E-state index contributed by atoms with van der Waals surface area (Å²) in [6.45, 7) is 2.04. The molecule has 0 aliphatic carbocycles. The quantitative estimate of drug-likeness (QED) is 0.344. The lowest BCUT2D eigenvalue weighted by atomic mass is 10.3. The van der Waals surface area contributed by atoms with Gasteiger partial charge in [-0.25, -0.2) is 0 Å². The van der Waals surface area contributed by atoms with Crippen molar-refractivity contribution < 1.29 is 22.3 Å². The molecule has 1 heterocycles. The van der Waals surface area contributed by atoms with E-state index in [9.17, 15) is 18.5 Å². The molecule has 1 saturated heterocycles. The average molecular weight is 273 g/mol. The number of epoxide rings is 1. The molecule has 0 bridgehead atoms. The van der Waals surface area contributed by atoms with Crippen LogP contribution in [0.5, 0.6) is 0 Å². The Balaban J connectivity index is 2.23. The molecule has 0 saturated carbocycles. The second-order valence-electron chi connectivity index (χ2n) is 3.88. The van der Waals surface area contributed by atoms with Crippen LogP contribution in [0, 0.1) is 10.1 Å². The molecule has 0 aromatic heterocycles. The van der Waals surface area contributed by atoms with Gasteiger partial charge in [0.25, 0.3) is 15.8 Å². The van der Waals surface area contributed by atoms with Crippen LogP contribution in [0.4, 0.5) is 5.69 Å². The Hall–Kier alpha value is -1.51. The first-order chi connectivity index (χ1) is 8.40. The minimum atomic E-state index is -4.00. The van der Waals surface area contributed by atoms with Crippen molar-refractivity contribution in [2.45, 2.75) is 24.0 Å².